The van der Waals surface area contributed by atoms with Crippen LogP contribution in [-0.4, -0.2) is 33.7 Å². The summed E-state index contributed by atoms with van der Waals surface area (Å²) >= 11 is 0. The van der Waals surface area contributed by atoms with Gasteiger partial charge in [0.2, 0.25) is 0 Å². The third-order valence-corrected chi connectivity index (χ3v) is 3.46. The molecule has 0 aliphatic rings. The summed E-state index contributed by atoms with van der Waals surface area (Å²) in [5, 5.41) is 9.77. The predicted octanol–water partition coefficient (Wildman–Crippen LogP) is 1.97. The zero-order valence-electron chi connectivity index (χ0n) is 13.8. The molecule has 2 heterocycles. The largest absolute Gasteiger partial charge is 0.462 e. The number of nitrogens with one attached hydrogen (secondary N) is 2. The Morgan fingerprint density at radius 2 is 2.04 bits per heavy atom. The van der Waals surface area contributed by atoms with E-state index in [2.05, 4.69) is 20.5 Å². The molecule has 6 N–H and O–H groups in total. The first-order valence-electron chi connectivity index (χ1n) is 7.48. The van der Waals surface area contributed by atoms with Crippen LogP contribution in [0.1, 0.15) is 27.6 Å². The summed E-state index contributed by atoms with van der Waals surface area (Å²) in [6.45, 7) is 1.90. The molecule has 136 valence electrons. The smallest absolute Gasteiger partial charge is 0.341 e. The average Bonchev–Trinajstić information content (AvgIpc) is 2.96. The van der Waals surface area contributed by atoms with Crippen molar-refractivity contribution < 1.29 is 14.3 Å². The van der Waals surface area contributed by atoms with Crippen molar-refractivity contribution in [2.75, 3.05) is 23.4 Å². The first-order valence-corrected chi connectivity index (χ1v) is 7.48. The molecule has 3 aromatic rings. The number of carbonyl (C=O) groups is 2. The van der Waals surface area contributed by atoms with Crippen molar-refractivity contribution in [2.45, 2.75) is 6.92 Å². The van der Waals surface area contributed by atoms with E-state index >= 15 is 0 Å². The number of halogens is 1. The molecule has 9 nitrogen and oxygen atoms in total. The van der Waals surface area contributed by atoms with E-state index in [1.165, 1.54) is 6.07 Å². The van der Waals surface area contributed by atoms with Gasteiger partial charge in [-0.15, -0.1) is 12.4 Å². The van der Waals surface area contributed by atoms with Crippen molar-refractivity contribution in [3.05, 3.63) is 41.5 Å². The van der Waals surface area contributed by atoms with Gasteiger partial charge in [-0.25, -0.2) is 9.78 Å². The molecule has 0 bridgehead atoms. The monoisotopic (exact) mass is 376 g/mol. The van der Waals surface area contributed by atoms with Gasteiger partial charge in [-0.2, -0.15) is 5.10 Å². The number of aromatic amines is 1. The van der Waals surface area contributed by atoms with Crippen molar-refractivity contribution in [3.63, 3.8) is 0 Å². The van der Waals surface area contributed by atoms with Crippen LogP contribution in [0.25, 0.3) is 11.0 Å². The topological polar surface area (TPSA) is 149 Å². The zero-order valence-corrected chi connectivity index (χ0v) is 14.6. The van der Waals surface area contributed by atoms with Crippen molar-refractivity contribution in [2.24, 2.45) is 0 Å². The van der Waals surface area contributed by atoms with Crippen molar-refractivity contribution in [1.82, 2.24) is 15.2 Å². The first-order chi connectivity index (χ1) is 12.0. The lowest BCUT2D eigenvalue weighted by atomic mass is 10.2. The summed E-state index contributed by atoms with van der Waals surface area (Å²) in [5.74, 6) is -0.747. The molecule has 0 aliphatic heterocycles. The Kier molecular flexibility index (Phi) is 5.63. The van der Waals surface area contributed by atoms with Gasteiger partial charge in [-0.05, 0) is 31.2 Å². The number of nitrogen functional groups attached to an aromatic ring is 2. The van der Waals surface area contributed by atoms with E-state index in [1.807, 2.05) is 0 Å². The maximum absolute atomic E-state index is 12.3. The van der Waals surface area contributed by atoms with Crippen LogP contribution in [0.4, 0.5) is 17.3 Å². The number of benzene rings is 1. The van der Waals surface area contributed by atoms with Crippen LogP contribution in [0, 0.1) is 0 Å². The SMILES string of the molecule is CCOC(=O)c1cc2c(NC(=O)c3cccc(N)c3)n[nH]c2nc1N.Cl. The van der Waals surface area contributed by atoms with Crippen LogP contribution in [0.5, 0.6) is 0 Å². The van der Waals surface area contributed by atoms with Crippen LogP contribution >= 0.6 is 12.4 Å². The second-order valence-electron chi connectivity index (χ2n) is 5.19. The number of nitrogens with two attached hydrogens (primary N) is 2. The Labute approximate surface area is 154 Å². The predicted molar refractivity (Wildman–Crippen MR) is 100 cm³/mol. The minimum atomic E-state index is -0.594. The number of H-pyrrole nitrogens is 1. The molecule has 26 heavy (non-hydrogen) atoms. The molecule has 10 heteroatoms. The molecular weight excluding hydrogens is 360 g/mol. The fourth-order valence-corrected chi connectivity index (χ4v) is 2.29. The number of hydrogen-bond donors (Lipinski definition) is 4. The molecule has 2 aromatic heterocycles. The third-order valence-electron chi connectivity index (χ3n) is 3.46. The van der Waals surface area contributed by atoms with Gasteiger partial charge in [0.15, 0.2) is 11.5 Å². The van der Waals surface area contributed by atoms with Gasteiger partial charge in [0, 0.05) is 11.3 Å². The lowest BCUT2D eigenvalue weighted by Crippen LogP contribution is -2.13. The van der Waals surface area contributed by atoms with Gasteiger partial charge >= 0.3 is 5.97 Å². The summed E-state index contributed by atoms with van der Waals surface area (Å²) in [5.41, 5.74) is 12.8. The minimum absolute atomic E-state index is 0. The molecule has 0 spiro atoms. The van der Waals surface area contributed by atoms with Crippen molar-refractivity contribution >= 4 is 52.6 Å². The van der Waals surface area contributed by atoms with E-state index in [0.717, 1.165) is 0 Å². The van der Waals surface area contributed by atoms with Crippen LogP contribution in [0.2, 0.25) is 0 Å². The summed E-state index contributed by atoms with van der Waals surface area (Å²) in [6, 6.07) is 8.01. The van der Waals surface area contributed by atoms with Crippen molar-refractivity contribution in [1.29, 1.82) is 0 Å². The van der Waals surface area contributed by atoms with Crippen LogP contribution in [0.15, 0.2) is 30.3 Å². The number of ether oxygens (including phenoxy) is 1. The number of aromatic nitrogens is 3. The van der Waals surface area contributed by atoms with Gasteiger partial charge in [0.05, 0.1) is 12.0 Å². The lowest BCUT2D eigenvalue weighted by molar-refractivity contribution is 0.0527. The zero-order chi connectivity index (χ0) is 18.0. The number of fused-ring (bicyclic) bond motifs is 1. The van der Waals surface area contributed by atoms with Crippen LogP contribution < -0.4 is 16.8 Å². The van der Waals surface area contributed by atoms with E-state index in [4.69, 9.17) is 16.2 Å². The van der Waals surface area contributed by atoms with E-state index in [-0.39, 0.29) is 36.2 Å². The Hall–Kier alpha value is -3.33. The molecule has 1 aromatic carbocycles. The molecule has 0 fully saturated rings. The van der Waals surface area contributed by atoms with Crippen molar-refractivity contribution in [3.8, 4) is 0 Å². The molecule has 0 saturated carbocycles. The molecule has 0 unspecified atom stereocenters. The van der Waals surface area contributed by atoms with Gasteiger partial charge in [0.25, 0.3) is 5.91 Å². The van der Waals surface area contributed by atoms with E-state index in [9.17, 15) is 9.59 Å². The minimum Gasteiger partial charge on any atom is -0.462 e. The number of nitrogens with zero attached hydrogens (tertiary/aromatic N) is 2. The fourth-order valence-electron chi connectivity index (χ4n) is 2.29. The number of esters is 1. The average molecular weight is 377 g/mol. The molecule has 0 radical (unpaired) electrons. The second-order valence-corrected chi connectivity index (χ2v) is 5.19. The lowest BCUT2D eigenvalue weighted by Gasteiger charge is -2.06. The quantitative estimate of drug-likeness (QED) is 0.401. The highest BCUT2D eigenvalue weighted by Gasteiger charge is 2.18. The van der Waals surface area contributed by atoms with E-state index < -0.39 is 11.9 Å². The van der Waals surface area contributed by atoms with E-state index in [0.29, 0.717) is 22.3 Å². The Morgan fingerprint density at radius 1 is 1.27 bits per heavy atom. The summed E-state index contributed by atoms with van der Waals surface area (Å²) in [4.78, 5) is 28.4. The van der Waals surface area contributed by atoms with E-state index in [1.54, 1.807) is 31.2 Å². The maximum atomic E-state index is 12.3. The second kappa shape index (κ2) is 7.70. The number of hydrogen-bond acceptors (Lipinski definition) is 7. The number of amides is 1. The maximum Gasteiger partial charge on any atom is 0.341 e. The number of carbonyl (C=O) groups excluding carboxylic acids is 2. The van der Waals surface area contributed by atoms with Crippen LogP contribution in [-0.2, 0) is 4.74 Å². The number of anilines is 3. The highest BCUT2D eigenvalue weighted by Crippen LogP contribution is 2.24. The van der Waals surface area contributed by atoms with Gasteiger partial charge in [-0.3, -0.25) is 9.89 Å². The standard InChI is InChI=1S/C16H16N6O3.ClH/c1-2-25-16(24)10-7-11-13(19-12(10)18)21-22-14(11)20-15(23)8-4-3-5-9(17)6-8;/h3-7H,2,17H2,1H3,(H4,18,19,20,21,22,23);1H. The highest BCUT2D eigenvalue weighted by atomic mass is 35.5. The summed E-state index contributed by atoms with van der Waals surface area (Å²) in [7, 11) is 0. The molecule has 0 atom stereocenters. The Morgan fingerprint density at radius 3 is 2.73 bits per heavy atom. The fraction of sp³-hybridized carbons (Fsp3) is 0.125. The van der Waals surface area contributed by atoms with Gasteiger partial charge in [-0.1, -0.05) is 6.07 Å². The molecule has 0 saturated heterocycles. The van der Waals surface area contributed by atoms with Crippen LogP contribution in [0.3, 0.4) is 0 Å². The molecular formula is C16H17ClN6O3. The normalized spacial score (nSPS) is 10.2. The number of pyridine rings is 1. The third kappa shape index (κ3) is 3.67. The highest BCUT2D eigenvalue weighted by molar-refractivity contribution is 6.09. The molecule has 0 aliphatic carbocycles. The van der Waals surface area contributed by atoms with Gasteiger partial charge in [0.1, 0.15) is 11.4 Å². The Bertz CT molecular complexity index is 972. The summed E-state index contributed by atoms with van der Waals surface area (Å²) < 4.78 is 4.95. The van der Waals surface area contributed by atoms with Gasteiger partial charge < -0.3 is 21.5 Å². The summed E-state index contributed by atoms with van der Waals surface area (Å²) in [6.07, 6.45) is 0. The first kappa shape index (κ1) is 19.0. The molecule has 3 rings (SSSR count). The number of rotatable bonds is 4. The Balaban J connectivity index is 0.00000243. The molecule has 1 amide bonds.